The molecule has 0 saturated heterocycles. The first-order valence-corrected chi connectivity index (χ1v) is 18.1. The van der Waals surface area contributed by atoms with Gasteiger partial charge in [-0.25, -0.2) is 19.6 Å². The van der Waals surface area contributed by atoms with E-state index in [9.17, 15) is 26.3 Å². The number of aromatic nitrogens is 10. The number of H-pyrrole nitrogens is 1. The van der Waals surface area contributed by atoms with Crippen molar-refractivity contribution in [3.63, 3.8) is 0 Å². The molecule has 4 aromatic carbocycles. The molecule has 8 rings (SSSR count). The Morgan fingerprint density at radius 1 is 0.633 bits per heavy atom. The van der Waals surface area contributed by atoms with E-state index in [2.05, 4.69) is 30.1 Å². The maximum absolute atomic E-state index is 13.1. The van der Waals surface area contributed by atoms with Crippen LogP contribution < -0.4 is 14.2 Å². The molecule has 12 nitrogen and oxygen atoms in total. The second-order valence-corrected chi connectivity index (χ2v) is 13.6. The third-order valence-electron chi connectivity index (χ3n) is 9.34. The summed E-state index contributed by atoms with van der Waals surface area (Å²) in [6.07, 6.45) is -1.68. The maximum atomic E-state index is 13.1. The highest BCUT2D eigenvalue weighted by atomic mass is 19.4. The van der Waals surface area contributed by atoms with Crippen LogP contribution in [0.2, 0.25) is 0 Å². The molecular formula is C42H37F6N10O2+. The Morgan fingerprint density at radius 3 is 1.67 bits per heavy atom. The Morgan fingerprint density at radius 2 is 1.15 bits per heavy atom. The maximum Gasteiger partial charge on any atom is 0.416 e. The highest BCUT2D eigenvalue weighted by Gasteiger charge is 2.32. The number of nitrogens with one attached hydrogen (secondary N) is 1. The second kappa shape index (κ2) is 16.2. The zero-order valence-electron chi connectivity index (χ0n) is 33.0. The molecule has 0 unspecified atom stereocenters. The summed E-state index contributed by atoms with van der Waals surface area (Å²) in [7, 11) is 6.53. The van der Waals surface area contributed by atoms with Crippen LogP contribution in [0.25, 0.3) is 56.9 Å². The second-order valence-electron chi connectivity index (χ2n) is 13.6. The SMILES string of the molecule is COc1cc(-c2nc(-c3cccc(C(F)(F)F)c3)[nH][n+]2C)ccc1-n1cnc(C)c1.COc1cc(-c2nc(-c3cccc(C(F)(F)F)c3)n(C)n2)ccc1-n1cnc(C)c1. The van der Waals surface area contributed by atoms with Gasteiger partial charge in [-0.15, -0.1) is 0 Å². The molecular weight excluding hydrogens is 791 g/mol. The summed E-state index contributed by atoms with van der Waals surface area (Å²) in [6, 6.07) is 21.2. The largest absolute Gasteiger partial charge is 0.495 e. The minimum Gasteiger partial charge on any atom is -0.495 e. The molecule has 0 amide bonds. The summed E-state index contributed by atoms with van der Waals surface area (Å²) in [4.78, 5) is 17.4. The van der Waals surface area contributed by atoms with Crippen LogP contribution in [0.1, 0.15) is 22.5 Å². The number of imidazole rings is 2. The van der Waals surface area contributed by atoms with Gasteiger partial charge in [0.25, 0.3) is 5.82 Å². The highest BCUT2D eigenvalue weighted by molar-refractivity contribution is 5.67. The number of rotatable bonds is 8. The fourth-order valence-corrected chi connectivity index (χ4v) is 6.41. The molecule has 0 fully saturated rings. The van der Waals surface area contributed by atoms with Crippen LogP contribution in [-0.4, -0.2) is 58.2 Å². The van der Waals surface area contributed by atoms with Gasteiger partial charge in [-0.2, -0.15) is 41.2 Å². The number of nitrogens with zero attached hydrogens (tertiary/aromatic N) is 9. The molecule has 0 aliphatic heterocycles. The number of hydrogen-bond acceptors (Lipinski definition) is 7. The summed E-state index contributed by atoms with van der Waals surface area (Å²) in [6.45, 7) is 3.79. The molecule has 1 N–H and O–H groups in total. The van der Waals surface area contributed by atoms with E-state index in [0.717, 1.165) is 52.6 Å². The van der Waals surface area contributed by atoms with Crippen molar-refractivity contribution < 1.29 is 40.5 Å². The van der Waals surface area contributed by atoms with Crippen molar-refractivity contribution in [3.05, 3.63) is 132 Å². The molecule has 60 heavy (non-hydrogen) atoms. The van der Waals surface area contributed by atoms with E-state index in [4.69, 9.17) is 9.47 Å². The van der Waals surface area contributed by atoms with E-state index in [0.29, 0.717) is 51.5 Å². The molecule has 0 spiro atoms. The average molecular weight is 828 g/mol. The van der Waals surface area contributed by atoms with Gasteiger partial charge in [-0.1, -0.05) is 18.2 Å². The molecule has 0 radical (unpaired) electrons. The van der Waals surface area contributed by atoms with E-state index < -0.39 is 23.5 Å². The average Bonchev–Trinajstić information content (AvgIpc) is 4.04. The molecule has 4 heterocycles. The van der Waals surface area contributed by atoms with Crippen LogP contribution >= 0.6 is 0 Å². The first-order chi connectivity index (χ1) is 28.5. The predicted molar refractivity (Wildman–Crippen MR) is 209 cm³/mol. The Kier molecular flexibility index (Phi) is 11.0. The van der Waals surface area contributed by atoms with Gasteiger partial charge in [-0.3, -0.25) is 0 Å². The van der Waals surface area contributed by atoms with E-state index in [1.54, 1.807) is 63.9 Å². The van der Waals surface area contributed by atoms with Crippen molar-refractivity contribution in [2.75, 3.05) is 14.2 Å². The van der Waals surface area contributed by atoms with Crippen molar-refractivity contribution in [1.82, 2.24) is 43.9 Å². The summed E-state index contributed by atoms with van der Waals surface area (Å²) in [5.74, 6) is 2.84. The predicted octanol–water partition coefficient (Wildman–Crippen LogP) is 8.76. The van der Waals surface area contributed by atoms with E-state index in [-0.39, 0.29) is 0 Å². The molecule has 308 valence electrons. The number of alkyl halides is 6. The molecule has 8 aromatic rings. The van der Waals surface area contributed by atoms with Gasteiger partial charge in [-0.05, 0) is 85.6 Å². The molecule has 4 aromatic heterocycles. The van der Waals surface area contributed by atoms with Gasteiger partial charge in [0.2, 0.25) is 0 Å². The van der Waals surface area contributed by atoms with E-state index >= 15 is 0 Å². The quantitative estimate of drug-likeness (QED) is 0.120. The lowest BCUT2D eigenvalue weighted by Gasteiger charge is -2.10. The Balaban J connectivity index is 0.000000181. The number of aryl methyl sites for hydroxylation is 4. The Labute approximate surface area is 339 Å². The fourth-order valence-electron chi connectivity index (χ4n) is 6.41. The minimum absolute atomic E-state index is 0.337. The van der Waals surface area contributed by atoms with Gasteiger partial charge < -0.3 is 18.6 Å². The van der Waals surface area contributed by atoms with E-state index in [1.165, 1.54) is 16.8 Å². The van der Waals surface area contributed by atoms with Crippen LogP contribution in [0, 0.1) is 13.8 Å². The number of aromatic amines is 1. The highest BCUT2D eigenvalue weighted by Crippen LogP contribution is 2.35. The fraction of sp³-hybridized carbons (Fsp3) is 0.190. The molecule has 0 saturated carbocycles. The monoisotopic (exact) mass is 827 g/mol. The standard InChI is InChI=1S/2C21H18F3N5O/c1-13-11-29(12-25-13)17-8-7-14(10-18(17)30-3)19-26-20(28(2)27-19)15-5-4-6-16(9-15)21(22,23)24;1-13-11-29(12-25-13)17-8-7-15(10-18(17)30-3)20-26-19(27-28(20)2)14-5-4-6-16(9-14)21(22,23)24/h2*4-12H,1-3H3/p+1. The minimum atomic E-state index is -4.42. The van der Waals surface area contributed by atoms with Gasteiger partial charge in [0.05, 0.1) is 66.3 Å². The Hall–Kier alpha value is -7.24. The van der Waals surface area contributed by atoms with Gasteiger partial charge in [0, 0.05) is 36.1 Å². The van der Waals surface area contributed by atoms with Crippen molar-refractivity contribution in [1.29, 1.82) is 0 Å². The third-order valence-corrected chi connectivity index (χ3v) is 9.34. The molecule has 0 aliphatic rings. The molecule has 18 heteroatoms. The lowest BCUT2D eigenvalue weighted by atomic mass is 10.1. The van der Waals surface area contributed by atoms with Crippen LogP contribution in [0.5, 0.6) is 11.5 Å². The number of hydrogen-bond donors (Lipinski definition) is 1. The van der Waals surface area contributed by atoms with Crippen molar-refractivity contribution >= 4 is 0 Å². The summed E-state index contributed by atoms with van der Waals surface area (Å²) in [5.41, 5.74) is 4.05. The number of ether oxygens (including phenoxy) is 2. The van der Waals surface area contributed by atoms with Crippen molar-refractivity contribution in [3.8, 4) is 68.4 Å². The molecule has 0 atom stereocenters. The van der Waals surface area contributed by atoms with Crippen LogP contribution in [0.15, 0.2) is 110 Å². The third kappa shape index (κ3) is 8.62. The van der Waals surface area contributed by atoms with E-state index in [1.807, 2.05) is 65.7 Å². The summed E-state index contributed by atoms with van der Waals surface area (Å²) in [5, 5.41) is 7.39. The topological polar surface area (TPSA) is 117 Å². The van der Waals surface area contributed by atoms with Gasteiger partial charge in [0.1, 0.15) is 18.5 Å². The Bertz CT molecular complexity index is 2800. The lowest BCUT2D eigenvalue weighted by molar-refractivity contribution is -0.716. The zero-order chi connectivity index (χ0) is 42.9. The zero-order valence-corrected chi connectivity index (χ0v) is 33.0. The first kappa shape index (κ1) is 40.9. The van der Waals surface area contributed by atoms with Gasteiger partial charge >= 0.3 is 18.2 Å². The number of benzene rings is 4. The van der Waals surface area contributed by atoms with Crippen molar-refractivity contribution in [2.45, 2.75) is 26.2 Å². The normalized spacial score (nSPS) is 11.7. The van der Waals surface area contributed by atoms with Crippen LogP contribution in [-0.2, 0) is 26.4 Å². The smallest absolute Gasteiger partial charge is 0.416 e. The molecule has 0 bridgehead atoms. The van der Waals surface area contributed by atoms with Crippen LogP contribution in [0.3, 0.4) is 0 Å². The van der Waals surface area contributed by atoms with Crippen molar-refractivity contribution in [2.24, 2.45) is 14.1 Å². The summed E-state index contributed by atoms with van der Waals surface area (Å²) >= 11 is 0. The number of methoxy groups -OCH3 is 2. The first-order valence-electron chi connectivity index (χ1n) is 18.1. The number of halogens is 6. The van der Waals surface area contributed by atoms with Crippen LogP contribution in [0.4, 0.5) is 26.3 Å². The van der Waals surface area contributed by atoms with Gasteiger partial charge in [0.15, 0.2) is 11.6 Å². The lowest BCUT2D eigenvalue weighted by Crippen LogP contribution is -2.32. The molecule has 0 aliphatic carbocycles. The summed E-state index contributed by atoms with van der Waals surface area (Å²) < 4.78 is 96.1.